The number of hydrogen-bond donors (Lipinski definition) is 0. The highest BCUT2D eigenvalue weighted by atomic mass is 16.6. The number of esters is 2. The standard InChI is InChI=1S/C33H24O4/c34-32(24-15-13-20-7-1-3-9-22(20)17-24)36-30-28-19-29(27-12-6-5-11-26(27)28)31(30)37-33(35)25-16-14-21-8-2-4-10-23(21)18-25/h1-18,28-31H,19H2/t28?,29?,30-,31+. The van der Waals surface area contributed by atoms with Crippen LogP contribution in [0.2, 0.25) is 0 Å². The molecule has 4 atom stereocenters. The molecule has 180 valence electrons. The van der Waals surface area contributed by atoms with E-state index in [1.165, 1.54) is 11.1 Å². The molecule has 0 saturated heterocycles. The van der Waals surface area contributed by atoms with E-state index in [2.05, 4.69) is 12.1 Å². The monoisotopic (exact) mass is 484 g/mol. The van der Waals surface area contributed by atoms with Gasteiger partial charge in [0, 0.05) is 11.8 Å². The Kier molecular flexibility index (Phi) is 5.07. The molecule has 5 aromatic carbocycles. The molecule has 5 aromatic rings. The zero-order chi connectivity index (χ0) is 24.9. The second-order valence-corrected chi connectivity index (χ2v) is 9.94. The number of rotatable bonds is 4. The quantitative estimate of drug-likeness (QED) is 0.257. The number of fused-ring (bicyclic) bond motifs is 7. The van der Waals surface area contributed by atoms with E-state index in [9.17, 15) is 9.59 Å². The predicted octanol–water partition coefficient (Wildman–Crippen LogP) is 7.03. The van der Waals surface area contributed by atoms with Crippen LogP contribution < -0.4 is 0 Å². The van der Waals surface area contributed by atoms with E-state index in [4.69, 9.17) is 9.47 Å². The summed E-state index contributed by atoms with van der Waals surface area (Å²) in [5, 5.41) is 4.09. The predicted molar refractivity (Wildman–Crippen MR) is 143 cm³/mol. The Bertz CT molecular complexity index is 1560. The normalized spacial score (nSPS) is 21.6. The van der Waals surface area contributed by atoms with Crippen LogP contribution in [-0.4, -0.2) is 24.1 Å². The smallest absolute Gasteiger partial charge is 0.338 e. The third-order valence-electron chi connectivity index (χ3n) is 7.88. The van der Waals surface area contributed by atoms with Crippen LogP contribution in [0.25, 0.3) is 21.5 Å². The molecule has 4 nitrogen and oxygen atoms in total. The molecule has 2 unspecified atom stereocenters. The Hall–Kier alpha value is -4.44. The van der Waals surface area contributed by atoms with Crippen molar-refractivity contribution in [3.63, 3.8) is 0 Å². The Labute approximate surface area is 214 Å². The van der Waals surface area contributed by atoms with Gasteiger partial charge in [0.2, 0.25) is 0 Å². The lowest BCUT2D eigenvalue weighted by molar-refractivity contribution is -0.0348. The van der Waals surface area contributed by atoms with E-state index < -0.39 is 24.1 Å². The van der Waals surface area contributed by atoms with Crippen LogP contribution >= 0.6 is 0 Å². The highest BCUT2D eigenvalue weighted by molar-refractivity contribution is 5.96. The average Bonchev–Trinajstić information content (AvgIpc) is 3.49. The van der Waals surface area contributed by atoms with Gasteiger partial charge in [-0.1, -0.05) is 84.9 Å². The highest BCUT2D eigenvalue weighted by Crippen LogP contribution is 2.55. The van der Waals surface area contributed by atoms with Crippen molar-refractivity contribution in [3.05, 3.63) is 131 Å². The van der Waals surface area contributed by atoms with Crippen molar-refractivity contribution in [2.45, 2.75) is 30.5 Å². The fourth-order valence-electron chi connectivity index (χ4n) is 6.11. The van der Waals surface area contributed by atoms with Crippen LogP contribution in [0.3, 0.4) is 0 Å². The summed E-state index contributed by atoms with van der Waals surface area (Å²) in [4.78, 5) is 26.6. The summed E-state index contributed by atoms with van der Waals surface area (Å²) in [6.07, 6.45) is -0.281. The van der Waals surface area contributed by atoms with Crippen LogP contribution in [0.5, 0.6) is 0 Å². The Morgan fingerprint density at radius 1 is 0.514 bits per heavy atom. The van der Waals surface area contributed by atoms with Gasteiger partial charge in [0.05, 0.1) is 11.1 Å². The van der Waals surface area contributed by atoms with Gasteiger partial charge in [-0.2, -0.15) is 0 Å². The molecule has 1 fully saturated rings. The molecule has 0 radical (unpaired) electrons. The summed E-state index contributed by atoms with van der Waals surface area (Å²) in [6, 6.07) is 35.2. The fraction of sp³-hybridized carbons (Fsp3) is 0.152. The van der Waals surface area contributed by atoms with Crippen LogP contribution in [-0.2, 0) is 9.47 Å². The molecule has 2 bridgehead atoms. The topological polar surface area (TPSA) is 52.6 Å². The molecule has 2 aliphatic rings. The lowest BCUT2D eigenvalue weighted by Crippen LogP contribution is -2.39. The zero-order valence-corrected chi connectivity index (χ0v) is 20.0. The molecule has 0 amide bonds. The summed E-state index contributed by atoms with van der Waals surface area (Å²) in [5.74, 6) is -0.792. The van der Waals surface area contributed by atoms with Gasteiger partial charge in [-0.15, -0.1) is 0 Å². The molecule has 2 aliphatic carbocycles. The van der Waals surface area contributed by atoms with Crippen molar-refractivity contribution < 1.29 is 19.1 Å². The van der Waals surface area contributed by atoms with E-state index in [1.54, 1.807) is 12.1 Å². The summed E-state index contributed by atoms with van der Waals surface area (Å²) in [6.45, 7) is 0. The molecular formula is C33H24O4. The molecule has 0 aliphatic heterocycles. The van der Waals surface area contributed by atoms with Crippen molar-refractivity contribution in [2.75, 3.05) is 0 Å². The molecule has 0 N–H and O–H groups in total. The van der Waals surface area contributed by atoms with Gasteiger partial charge < -0.3 is 9.47 Å². The lowest BCUT2D eigenvalue weighted by atomic mass is 9.87. The Morgan fingerprint density at radius 3 is 1.38 bits per heavy atom. The maximum atomic E-state index is 13.3. The first kappa shape index (κ1) is 21.8. The lowest BCUT2D eigenvalue weighted by Gasteiger charge is -2.32. The maximum Gasteiger partial charge on any atom is 0.338 e. The molecule has 7 rings (SSSR count). The molecule has 4 heteroatoms. The van der Waals surface area contributed by atoms with Crippen LogP contribution in [0.4, 0.5) is 0 Å². The Balaban J connectivity index is 1.19. The van der Waals surface area contributed by atoms with E-state index in [0.29, 0.717) is 11.1 Å². The van der Waals surface area contributed by atoms with Gasteiger partial charge in [-0.05, 0) is 63.4 Å². The Morgan fingerprint density at radius 2 is 0.919 bits per heavy atom. The first-order chi connectivity index (χ1) is 18.2. The van der Waals surface area contributed by atoms with Crippen molar-refractivity contribution in [3.8, 4) is 0 Å². The van der Waals surface area contributed by atoms with Gasteiger partial charge in [0.1, 0.15) is 12.2 Å². The van der Waals surface area contributed by atoms with Gasteiger partial charge in [0.15, 0.2) is 0 Å². The molecule has 1 saturated carbocycles. The van der Waals surface area contributed by atoms with Gasteiger partial charge in [-0.3, -0.25) is 0 Å². The minimum atomic E-state index is -0.539. The number of carbonyl (C=O) groups is 2. The third kappa shape index (κ3) is 3.68. The molecule has 0 aromatic heterocycles. The molecule has 37 heavy (non-hydrogen) atoms. The highest BCUT2D eigenvalue weighted by Gasteiger charge is 2.55. The number of ether oxygens (including phenoxy) is 2. The van der Waals surface area contributed by atoms with Crippen molar-refractivity contribution in [1.29, 1.82) is 0 Å². The van der Waals surface area contributed by atoms with E-state index in [-0.39, 0.29) is 11.8 Å². The minimum absolute atomic E-state index is 0.00000917. The first-order valence-corrected chi connectivity index (χ1v) is 12.6. The summed E-state index contributed by atoms with van der Waals surface area (Å²) >= 11 is 0. The van der Waals surface area contributed by atoms with E-state index >= 15 is 0 Å². The SMILES string of the molecule is O=C(O[C@@H]1C2CC(c3ccccc32)[C@@H]1OC(=O)c1ccc2ccccc2c1)c1ccc2ccccc2c1. The largest absolute Gasteiger partial charge is 0.454 e. The molecule has 0 heterocycles. The zero-order valence-electron chi connectivity index (χ0n) is 20.0. The maximum absolute atomic E-state index is 13.3. The summed E-state index contributed by atoms with van der Waals surface area (Å²) in [7, 11) is 0. The summed E-state index contributed by atoms with van der Waals surface area (Å²) < 4.78 is 12.3. The van der Waals surface area contributed by atoms with Crippen molar-refractivity contribution in [1.82, 2.24) is 0 Å². The first-order valence-electron chi connectivity index (χ1n) is 12.6. The average molecular weight is 485 g/mol. The molecular weight excluding hydrogens is 460 g/mol. The van der Waals surface area contributed by atoms with Crippen molar-refractivity contribution >= 4 is 33.5 Å². The van der Waals surface area contributed by atoms with E-state index in [1.807, 2.05) is 84.9 Å². The second-order valence-electron chi connectivity index (χ2n) is 9.94. The summed E-state index contributed by atoms with van der Waals surface area (Å²) in [5.41, 5.74) is 3.35. The second kappa shape index (κ2) is 8.59. The van der Waals surface area contributed by atoms with Crippen LogP contribution in [0, 0.1) is 0 Å². The number of carbonyl (C=O) groups excluding carboxylic acids is 2. The van der Waals surface area contributed by atoms with Gasteiger partial charge in [0.25, 0.3) is 0 Å². The number of hydrogen-bond acceptors (Lipinski definition) is 4. The number of benzene rings is 5. The fourth-order valence-corrected chi connectivity index (χ4v) is 6.11. The van der Waals surface area contributed by atoms with Gasteiger partial charge >= 0.3 is 11.9 Å². The minimum Gasteiger partial charge on any atom is -0.454 e. The van der Waals surface area contributed by atoms with Crippen LogP contribution in [0.15, 0.2) is 109 Å². The van der Waals surface area contributed by atoms with Crippen molar-refractivity contribution in [2.24, 2.45) is 0 Å². The molecule has 0 spiro atoms. The van der Waals surface area contributed by atoms with Crippen LogP contribution in [0.1, 0.15) is 50.1 Å². The van der Waals surface area contributed by atoms with E-state index in [0.717, 1.165) is 28.0 Å². The third-order valence-corrected chi connectivity index (χ3v) is 7.88. The van der Waals surface area contributed by atoms with Gasteiger partial charge in [-0.25, -0.2) is 9.59 Å².